The number of hydrogen-bond donors (Lipinski definition) is 0. The van der Waals surface area contributed by atoms with Crippen LogP contribution < -0.4 is 9.47 Å². The summed E-state index contributed by atoms with van der Waals surface area (Å²) in [5.41, 5.74) is 0.411. The first-order valence-corrected chi connectivity index (χ1v) is 5.65. The van der Waals surface area contributed by atoms with Crippen LogP contribution in [-0.4, -0.2) is 19.5 Å². The molecule has 1 aromatic carbocycles. The number of carbonyl (C=O) groups excluding carboxylic acids is 1. The molecule has 0 aliphatic heterocycles. The fraction of sp³-hybridized carbons (Fsp3) is 0.417. The van der Waals surface area contributed by atoms with E-state index in [-0.39, 0.29) is 0 Å². The van der Waals surface area contributed by atoms with E-state index in [4.69, 9.17) is 21.1 Å². The van der Waals surface area contributed by atoms with Gasteiger partial charge in [-0.1, -0.05) is 18.5 Å². The molecule has 1 aromatic rings. The Labute approximate surface area is 100 Å². The Balaban J connectivity index is 3.03. The molecule has 0 fully saturated rings. The molecule has 88 valence electrons. The Morgan fingerprint density at radius 3 is 2.50 bits per heavy atom. The van der Waals surface area contributed by atoms with Gasteiger partial charge in [-0.2, -0.15) is 0 Å². The lowest BCUT2D eigenvalue weighted by Gasteiger charge is -2.12. The van der Waals surface area contributed by atoms with Crippen molar-refractivity contribution in [3.63, 3.8) is 0 Å². The van der Waals surface area contributed by atoms with E-state index < -0.39 is 0 Å². The number of hydrogen-bond acceptors (Lipinski definition) is 3. The molecular formula is C12H15ClO3. The summed E-state index contributed by atoms with van der Waals surface area (Å²) in [5.74, 6) is 1.14. The molecule has 3 nitrogen and oxygen atoms in total. The third kappa shape index (κ3) is 3.14. The molecule has 0 amide bonds. The number of halogens is 1. The average Bonchev–Trinajstić information content (AvgIpc) is 2.29. The van der Waals surface area contributed by atoms with Crippen molar-refractivity contribution in [3.8, 4) is 11.5 Å². The highest BCUT2D eigenvalue weighted by molar-refractivity contribution is 6.33. The van der Waals surface area contributed by atoms with Crippen LogP contribution in [0.2, 0.25) is 5.02 Å². The van der Waals surface area contributed by atoms with Crippen molar-refractivity contribution in [2.45, 2.75) is 20.3 Å². The Morgan fingerprint density at radius 1 is 1.25 bits per heavy atom. The molecule has 0 heterocycles. The third-order valence-corrected chi connectivity index (χ3v) is 2.28. The predicted molar refractivity (Wildman–Crippen MR) is 63.8 cm³/mol. The van der Waals surface area contributed by atoms with E-state index in [1.54, 1.807) is 12.1 Å². The van der Waals surface area contributed by atoms with Gasteiger partial charge in [0.05, 0.1) is 18.2 Å². The van der Waals surface area contributed by atoms with Crippen molar-refractivity contribution in [3.05, 3.63) is 22.7 Å². The quantitative estimate of drug-likeness (QED) is 0.718. The molecule has 0 N–H and O–H groups in total. The zero-order valence-electron chi connectivity index (χ0n) is 9.46. The second-order valence-electron chi connectivity index (χ2n) is 3.22. The van der Waals surface area contributed by atoms with Crippen molar-refractivity contribution < 1.29 is 14.3 Å². The normalized spacial score (nSPS) is 9.94. The van der Waals surface area contributed by atoms with Gasteiger partial charge in [-0.15, -0.1) is 0 Å². The first-order chi connectivity index (χ1) is 7.72. The van der Waals surface area contributed by atoms with Crippen molar-refractivity contribution in [1.29, 1.82) is 0 Å². The molecule has 4 heteroatoms. The highest BCUT2D eigenvalue weighted by atomic mass is 35.5. The SMILES string of the molecule is CCCOc1cc(Cl)c(C=O)cc1OCC. The third-order valence-electron chi connectivity index (χ3n) is 1.95. The zero-order chi connectivity index (χ0) is 12.0. The second-order valence-corrected chi connectivity index (χ2v) is 3.63. The van der Waals surface area contributed by atoms with Gasteiger partial charge in [0.2, 0.25) is 0 Å². The molecule has 0 aliphatic rings. The van der Waals surface area contributed by atoms with Gasteiger partial charge in [0.15, 0.2) is 17.8 Å². The van der Waals surface area contributed by atoms with E-state index in [1.807, 2.05) is 13.8 Å². The summed E-state index contributed by atoms with van der Waals surface area (Å²) in [6, 6.07) is 3.22. The Kier molecular flexibility index (Phi) is 5.12. The molecule has 0 aliphatic carbocycles. The fourth-order valence-electron chi connectivity index (χ4n) is 1.23. The minimum atomic E-state index is 0.379. The molecule has 0 radical (unpaired) electrons. The highest BCUT2D eigenvalue weighted by Gasteiger charge is 2.10. The summed E-state index contributed by atoms with van der Waals surface area (Å²) in [4.78, 5) is 10.7. The smallest absolute Gasteiger partial charge is 0.162 e. The van der Waals surface area contributed by atoms with E-state index in [1.165, 1.54) is 0 Å². The summed E-state index contributed by atoms with van der Waals surface area (Å²) in [7, 11) is 0. The van der Waals surface area contributed by atoms with Gasteiger partial charge < -0.3 is 9.47 Å². The first-order valence-electron chi connectivity index (χ1n) is 5.27. The van der Waals surface area contributed by atoms with E-state index in [2.05, 4.69) is 0 Å². The minimum absolute atomic E-state index is 0.379. The summed E-state index contributed by atoms with van der Waals surface area (Å²) in [6.07, 6.45) is 1.60. The number of carbonyl (C=O) groups is 1. The van der Waals surface area contributed by atoms with Gasteiger partial charge in [0.25, 0.3) is 0 Å². The van der Waals surface area contributed by atoms with E-state index in [9.17, 15) is 4.79 Å². The molecule has 16 heavy (non-hydrogen) atoms. The predicted octanol–water partition coefficient (Wildman–Crippen LogP) is 3.34. The van der Waals surface area contributed by atoms with E-state index in [0.29, 0.717) is 41.6 Å². The number of ether oxygens (including phenoxy) is 2. The molecule has 0 unspecified atom stereocenters. The number of benzene rings is 1. The molecule has 0 spiro atoms. The number of aldehydes is 1. The van der Waals surface area contributed by atoms with Gasteiger partial charge in [-0.3, -0.25) is 4.79 Å². The van der Waals surface area contributed by atoms with Gasteiger partial charge in [0.1, 0.15) is 0 Å². The molecule has 0 bridgehead atoms. The second kappa shape index (κ2) is 6.38. The zero-order valence-corrected chi connectivity index (χ0v) is 10.2. The minimum Gasteiger partial charge on any atom is -0.490 e. The maximum atomic E-state index is 10.7. The van der Waals surface area contributed by atoms with Crippen LogP contribution in [0.4, 0.5) is 0 Å². The maximum Gasteiger partial charge on any atom is 0.162 e. The van der Waals surface area contributed by atoms with E-state index in [0.717, 1.165) is 6.42 Å². The van der Waals surface area contributed by atoms with Crippen LogP contribution >= 0.6 is 11.6 Å². The average molecular weight is 243 g/mol. The van der Waals surface area contributed by atoms with Crippen molar-refractivity contribution in [2.24, 2.45) is 0 Å². The Morgan fingerprint density at radius 2 is 1.94 bits per heavy atom. The monoisotopic (exact) mass is 242 g/mol. The number of rotatable bonds is 6. The largest absolute Gasteiger partial charge is 0.490 e. The molecule has 0 atom stereocenters. The summed E-state index contributed by atoms with van der Waals surface area (Å²) in [6.45, 7) is 5.00. The topological polar surface area (TPSA) is 35.5 Å². The van der Waals surface area contributed by atoms with Crippen LogP contribution in [0.3, 0.4) is 0 Å². The molecule has 0 saturated heterocycles. The molecule has 0 aromatic heterocycles. The molecule has 0 saturated carbocycles. The van der Waals surface area contributed by atoms with Crippen LogP contribution in [0.15, 0.2) is 12.1 Å². The molecular weight excluding hydrogens is 228 g/mol. The van der Waals surface area contributed by atoms with Crippen LogP contribution in [0.1, 0.15) is 30.6 Å². The fourth-order valence-corrected chi connectivity index (χ4v) is 1.43. The van der Waals surface area contributed by atoms with Crippen molar-refractivity contribution >= 4 is 17.9 Å². The van der Waals surface area contributed by atoms with Crippen LogP contribution in [0.25, 0.3) is 0 Å². The maximum absolute atomic E-state index is 10.7. The summed E-state index contributed by atoms with van der Waals surface area (Å²) in [5, 5.41) is 0.379. The Bertz CT molecular complexity index is 364. The summed E-state index contributed by atoms with van der Waals surface area (Å²) >= 11 is 5.91. The van der Waals surface area contributed by atoms with Crippen LogP contribution in [0, 0.1) is 0 Å². The van der Waals surface area contributed by atoms with Crippen LogP contribution in [-0.2, 0) is 0 Å². The van der Waals surface area contributed by atoms with Crippen molar-refractivity contribution in [1.82, 2.24) is 0 Å². The lowest BCUT2D eigenvalue weighted by molar-refractivity contribution is 0.112. The first kappa shape index (κ1) is 12.8. The van der Waals surface area contributed by atoms with Gasteiger partial charge in [-0.05, 0) is 19.4 Å². The van der Waals surface area contributed by atoms with E-state index >= 15 is 0 Å². The lowest BCUT2D eigenvalue weighted by Crippen LogP contribution is -2.01. The van der Waals surface area contributed by atoms with Gasteiger partial charge in [0, 0.05) is 11.6 Å². The highest BCUT2D eigenvalue weighted by Crippen LogP contribution is 2.33. The lowest BCUT2D eigenvalue weighted by atomic mass is 10.2. The Hall–Kier alpha value is -1.22. The van der Waals surface area contributed by atoms with Crippen LogP contribution in [0.5, 0.6) is 11.5 Å². The summed E-state index contributed by atoms with van der Waals surface area (Å²) < 4.78 is 10.9. The molecule has 1 rings (SSSR count). The standard InChI is InChI=1S/C12H15ClO3/c1-3-5-16-12-7-10(13)9(8-14)6-11(12)15-4-2/h6-8H,3-5H2,1-2H3. The van der Waals surface area contributed by atoms with Gasteiger partial charge >= 0.3 is 0 Å². The van der Waals surface area contributed by atoms with Crippen molar-refractivity contribution in [2.75, 3.05) is 13.2 Å². The van der Waals surface area contributed by atoms with Gasteiger partial charge in [-0.25, -0.2) is 0 Å².